The Balaban J connectivity index is 1.97. The number of carbonyl (C=O) groups excluding carboxylic acids is 2. The van der Waals surface area contributed by atoms with Gasteiger partial charge in [-0.2, -0.15) is 0 Å². The van der Waals surface area contributed by atoms with Gasteiger partial charge in [-0.15, -0.1) is 6.58 Å². The molecule has 0 aliphatic carbocycles. The molecule has 1 heterocycles. The summed E-state index contributed by atoms with van der Waals surface area (Å²) in [7, 11) is 0. The lowest BCUT2D eigenvalue weighted by atomic mass is 10.2. The fourth-order valence-electron chi connectivity index (χ4n) is 2.09. The molecular weight excluding hydrogens is 252 g/mol. The van der Waals surface area contributed by atoms with E-state index >= 15 is 0 Å². The largest absolute Gasteiger partial charge is 0.349 e. The van der Waals surface area contributed by atoms with Crippen molar-refractivity contribution in [3.8, 4) is 0 Å². The van der Waals surface area contributed by atoms with Gasteiger partial charge in [0.15, 0.2) is 0 Å². The van der Waals surface area contributed by atoms with E-state index in [1.54, 1.807) is 17.1 Å². The highest BCUT2D eigenvalue weighted by molar-refractivity contribution is 5.95. The molecule has 2 amide bonds. The average Bonchev–Trinajstić information content (AvgIpc) is 2.89. The van der Waals surface area contributed by atoms with Crippen molar-refractivity contribution in [3.63, 3.8) is 0 Å². The number of carbonyl (C=O) groups is 2. The van der Waals surface area contributed by atoms with Crippen LogP contribution in [0.5, 0.6) is 0 Å². The van der Waals surface area contributed by atoms with Gasteiger partial charge in [0, 0.05) is 31.3 Å². The predicted molar refractivity (Wildman–Crippen MR) is 80.3 cm³/mol. The van der Waals surface area contributed by atoms with Crippen LogP contribution in [0.1, 0.15) is 18.4 Å². The van der Waals surface area contributed by atoms with Crippen LogP contribution in [-0.4, -0.2) is 24.9 Å². The quantitative estimate of drug-likeness (QED) is 0.658. The zero-order valence-electron chi connectivity index (χ0n) is 11.3. The van der Waals surface area contributed by atoms with Gasteiger partial charge in [0.1, 0.15) is 0 Å². The second kappa shape index (κ2) is 6.70. The van der Waals surface area contributed by atoms with Crippen molar-refractivity contribution in [2.45, 2.75) is 12.8 Å². The third-order valence-corrected chi connectivity index (χ3v) is 3.13. The second-order valence-electron chi connectivity index (χ2n) is 4.61. The number of nitrogens with zero attached hydrogens (tertiary/aromatic N) is 1. The molecule has 4 nitrogen and oxygen atoms in total. The third-order valence-electron chi connectivity index (χ3n) is 3.13. The lowest BCUT2D eigenvalue weighted by Gasteiger charge is -2.15. The molecule has 4 heteroatoms. The van der Waals surface area contributed by atoms with Crippen LogP contribution in [0, 0.1) is 0 Å². The molecule has 1 aromatic carbocycles. The Morgan fingerprint density at radius 3 is 2.70 bits per heavy atom. The van der Waals surface area contributed by atoms with Crippen molar-refractivity contribution in [1.29, 1.82) is 0 Å². The Labute approximate surface area is 118 Å². The first-order valence-electron chi connectivity index (χ1n) is 6.68. The lowest BCUT2D eigenvalue weighted by molar-refractivity contribution is -0.117. The molecule has 0 bridgehead atoms. The van der Waals surface area contributed by atoms with Crippen LogP contribution in [0.15, 0.2) is 43.0 Å². The molecule has 1 N–H and O–H groups in total. The van der Waals surface area contributed by atoms with E-state index in [9.17, 15) is 9.59 Å². The van der Waals surface area contributed by atoms with E-state index in [1.165, 1.54) is 6.08 Å². The maximum absolute atomic E-state index is 11.6. The number of nitrogens with one attached hydrogen (secondary N) is 1. The Morgan fingerprint density at radius 1 is 1.35 bits per heavy atom. The summed E-state index contributed by atoms with van der Waals surface area (Å²) in [4.78, 5) is 24.8. The summed E-state index contributed by atoms with van der Waals surface area (Å²) in [6, 6.07) is 7.62. The van der Waals surface area contributed by atoms with Crippen LogP contribution in [-0.2, 0) is 9.59 Å². The summed E-state index contributed by atoms with van der Waals surface area (Å²) in [5, 5.41) is 2.67. The molecule has 0 aromatic heterocycles. The van der Waals surface area contributed by atoms with Crippen molar-refractivity contribution in [2.24, 2.45) is 0 Å². The first-order valence-corrected chi connectivity index (χ1v) is 6.68. The highest BCUT2D eigenvalue weighted by Crippen LogP contribution is 2.21. The summed E-state index contributed by atoms with van der Waals surface area (Å²) in [5.41, 5.74) is 1.84. The number of hydrogen-bond acceptors (Lipinski definition) is 2. The Bertz CT molecular complexity index is 532. The molecule has 1 aliphatic heterocycles. The summed E-state index contributed by atoms with van der Waals surface area (Å²) in [5.74, 6) is 0.0285. The van der Waals surface area contributed by atoms with Gasteiger partial charge in [-0.3, -0.25) is 9.59 Å². The SMILES string of the molecule is C=CCNC(=O)/C=C/c1ccc(N2CCCC2=O)cc1. The minimum absolute atomic E-state index is 0.149. The van der Waals surface area contributed by atoms with E-state index in [1.807, 2.05) is 24.3 Å². The minimum Gasteiger partial charge on any atom is -0.349 e. The molecular formula is C16H18N2O2. The van der Waals surface area contributed by atoms with Crippen LogP contribution in [0.25, 0.3) is 6.08 Å². The first-order chi connectivity index (χ1) is 9.70. The van der Waals surface area contributed by atoms with Gasteiger partial charge in [-0.25, -0.2) is 0 Å². The predicted octanol–water partition coefficient (Wildman–Crippen LogP) is 2.13. The number of anilines is 1. The van der Waals surface area contributed by atoms with E-state index in [2.05, 4.69) is 11.9 Å². The van der Waals surface area contributed by atoms with Gasteiger partial charge >= 0.3 is 0 Å². The zero-order chi connectivity index (χ0) is 14.4. The second-order valence-corrected chi connectivity index (χ2v) is 4.61. The van der Waals surface area contributed by atoms with Crippen LogP contribution in [0.2, 0.25) is 0 Å². The van der Waals surface area contributed by atoms with Gasteiger partial charge in [-0.05, 0) is 30.2 Å². The average molecular weight is 270 g/mol. The number of amides is 2. The van der Waals surface area contributed by atoms with Crippen molar-refractivity contribution in [3.05, 3.63) is 48.6 Å². The standard InChI is InChI=1S/C16H18N2O2/c1-2-11-17-15(19)10-7-13-5-8-14(9-6-13)18-12-3-4-16(18)20/h2,5-10H,1,3-4,11-12H2,(H,17,19)/b10-7+. The zero-order valence-corrected chi connectivity index (χ0v) is 11.3. The fourth-order valence-corrected chi connectivity index (χ4v) is 2.09. The van der Waals surface area contributed by atoms with E-state index < -0.39 is 0 Å². The molecule has 104 valence electrons. The van der Waals surface area contributed by atoms with Gasteiger partial charge in [-0.1, -0.05) is 18.2 Å². The summed E-state index contributed by atoms with van der Waals surface area (Å²) in [6.45, 7) is 4.78. The van der Waals surface area contributed by atoms with E-state index in [-0.39, 0.29) is 11.8 Å². The Kier molecular flexibility index (Phi) is 4.71. The number of hydrogen-bond donors (Lipinski definition) is 1. The van der Waals surface area contributed by atoms with E-state index in [0.29, 0.717) is 13.0 Å². The van der Waals surface area contributed by atoms with E-state index in [0.717, 1.165) is 24.2 Å². The first kappa shape index (κ1) is 14.1. The highest BCUT2D eigenvalue weighted by Gasteiger charge is 2.21. The van der Waals surface area contributed by atoms with Crippen molar-refractivity contribution < 1.29 is 9.59 Å². The smallest absolute Gasteiger partial charge is 0.244 e. The Morgan fingerprint density at radius 2 is 2.10 bits per heavy atom. The molecule has 0 spiro atoms. The molecule has 1 aliphatic rings. The van der Waals surface area contributed by atoms with E-state index in [4.69, 9.17) is 0 Å². The van der Waals surface area contributed by atoms with Crippen molar-refractivity contribution >= 4 is 23.6 Å². The third kappa shape index (κ3) is 3.57. The van der Waals surface area contributed by atoms with Crippen molar-refractivity contribution in [2.75, 3.05) is 18.0 Å². The van der Waals surface area contributed by atoms with Crippen LogP contribution >= 0.6 is 0 Å². The molecule has 0 saturated carbocycles. The molecule has 1 aromatic rings. The summed E-state index contributed by atoms with van der Waals surface area (Å²) in [6.07, 6.45) is 6.41. The minimum atomic E-state index is -0.149. The van der Waals surface area contributed by atoms with Gasteiger partial charge in [0.2, 0.25) is 11.8 Å². The van der Waals surface area contributed by atoms with Crippen LogP contribution in [0.4, 0.5) is 5.69 Å². The molecule has 1 fully saturated rings. The molecule has 0 radical (unpaired) electrons. The van der Waals surface area contributed by atoms with Crippen molar-refractivity contribution in [1.82, 2.24) is 5.32 Å². The molecule has 1 saturated heterocycles. The fraction of sp³-hybridized carbons (Fsp3) is 0.250. The summed E-state index contributed by atoms with van der Waals surface area (Å²) < 4.78 is 0. The maximum Gasteiger partial charge on any atom is 0.244 e. The van der Waals surface area contributed by atoms with Crippen LogP contribution in [0.3, 0.4) is 0 Å². The summed E-state index contributed by atoms with van der Waals surface area (Å²) >= 11 is 0. The molecule has 0 unspecified atom stereocenters. The molecule has 20 heavy (non-hydrogen) atoms. The van der Waals surface area contributed by atoms with Gasteiger partial charge in [0.05, 0.1) is 0 Å². The van der Waals surface area contributed by atoms with Gasteiger partial charge in [0.25, 0.3) is 0 Å². The van der Waals surface area contributed by atoms with Crippen LogP contribution < -0.4 is 10.2 Å². The highest BCUT2D eigenvalue weighted by atomic mass is 16.2. The number of rotatable bonds is 5. The topological polar surface area (TPSA) is 49.4 Å². The number of benzene rings is 1. The molecule has 0 atom stereocenters. The van der Waals surface area contributed by atoms with Gasteiger partial charge < -0.3 is 10.2 Å². The lowest BCUT2D eigenvalue weighted by Crippen LogP contribution is -2.23. The molecule has 2 rings (SSSR count). The Hall–Kier alpha value is -2.36. The maximum atomic E-state index is 11.6. The normalized spacial score (nSPS) is 14.8. The monoisotopic (exact) mass is 270 g/mol.